The van der Waals surface area contributed by atoms with Gasteiger partial charge in [-0.15, -0.1) is 0 Å². The van der Waals surface area contributed by atoms with E-state index in [2.05, 4.69) is 4.90 Å². The molecule has 1 unspecified atom stereocenters. The summed E-state index contributed by atoms with van der Waals surface area (Å²) in [6.45, 7) is 0.775. The Morgan fingerprint density at radius 1 is 1.30 bits per heavy atom. The molecule has 4 aliphatic rings. The van der Waals surface area contributed by atoms with Gasteiger partial charge in [-0.1, -0.05) is 6.07 Å². The lowest BCUT2D eigenvalue weighted by Gasteiger charge is -2.64. The van der Waals surface area contributed by atoms with Gasteiger partial charge in [0.25, 0.3) is 0 Å². The standard InChI is InChI=1S/C22H25NO7/c1-23-10-9-21-18-12-3-4-14(28-2)19(18)29-20(21)13(24)7-8-22(21,15(23)11-12)30-17(27)6-5-16(25)26/h3-6,13,15,20,24H,7-11H2,1-2H3,(H,25,26)/b6-5-/t13?,15-,20+,21+,22-/m1/s1. The molecule has 2 aliphatic heterocycles. The Hall–Kier alpha value is -2.58. The molecule has 2 aliphatic carbocycles. The third-order valence-electron chi connectivity index (χ3n) is 7.51. The molecule has 2 N–H and O–H groups in total. The maximum absolute atomic E-state index is 12.7. The molecule has 0 aromatic heterocycles. The maximum Gasteiger partial charge on any atom is 0.331 e. The van der Waals surface area contributed by atoms with Gasteiger partial charge in [0, 0.05) is 17.7 Å². The number of hydrogen-bond donors (Lipinski definition) is 2. The van der Waals surface area contributed by atoms with Gasteiger partial charge in [-0.3, -0.25) is 4.90 Å². The van der Waals surface area contributed by atoms with E-state index in [1.54, 1.807) is 7.11 Å². The summed E-state index contributed by atoms with van der Waals surface area (Å²) in [5.41, 5.74) is 0.470. The van der Waals surface area contributed by atoms with E-state index in [1.807, 2.05) is 19.2 Å². The Bertz CT molecular complexity index is 959. The molecule has 160 valence electrons. The fourth-order valence-corrected chi connectivity index (χ4v) is 6.41. The van der Waals surface area contributed by atoms with Gasteiger partial charge in [0.15, 0.2) is 11.5 Å². The number of likely N-dealkylation sites (tertiary alicyclic amines) is 1. The first-order chi connectivity index (χ1) is 14.3. The Balaban J connectivity index is 1.72. The highest BCUT2D eigenvalue weighted by atomic mass is 16.6. The van der Waals surface area contributed by atoms with Crippen LogP contribution in [-0.2, 0) is 26.2 Å². The zero-order chi connectivity index (χ0) is 21.3. The van der Waals surface area contributed by atoms with Gasteiger partial charge in [-0.2, -0.15) is 0 Å². The minimum atomic E-state index is -1.21. The zero-order valence-corrected chi connectivity index (χ0v) is 17.0. The second-order valence-electron chi connectivity index (χ2n) is 8.68. The van der Waals surface area contributed by atoms with Crippen molar-refractivity contribution in [2.75, 3.05) is 20.7 Å². The maximum atomic E-state index is 12.7. The summed E-state index contributed by atoms with van der Waals surface area (Å²) in [6, 6.07) is 3.83. The van der Waals surface area contributed by atoms with Gasteiger partial charge in [-0.25, -0.2) is 9.59 Å². The summed E-state index contributed by atoms with van der Waals surface area (Å²) in [6.07, 6.45) is 2.74. The fraction of sp³-hybridized carbons (Fsp3) is 0.545. The van der Waals surface area contributed by atoms with Crippen molar-refractivity contribution in [1.29, 1.82) is 0 Å². The van der Waals surface area contributed by atoms with E-state index >= 15 is 0 Å². The Morgan fingerprint density at radius 3 is 2.83 bits per heavy atom. The lowest BCUT2D eigenvalue weighted by atomic mass is 9.48. The number of methoxy groups -OCH3 is 1. The predicted molar refractivity (Wildman–Crippen MR) is 105 cm³/mol. The fourth-order valence-electron chi connectivity index (χ4n) is 6.41. The molecule has 0 amide bonds. The van der Waals surface area contributed by atoms with E-state index in [-0.39, 0.29) is 6.04 Å². The summed E-state index contributed by atoms with van der Waals surface area (Å²) in [7, 11) is 3.60. The predicted octanol–water partition coefficient (Wildman–Crippen LogP) is 1.03. The van der Waals surface area contributed by atoms with Crippen LogP contribution in [0.15, 0.2) is 24.3 Å². The first kappa shape index (κ1) is 19.4. The molecule has 1 saturated heterocycles. The minimum absolute atomic E-state index is 0.0983. The van der Waals surface area contributed by atoms with Crippen molar-refractivity contribution in [1.82, 2.24) is 4.90 Å². The van der Waals surface area contributed by atoms with Gasteiger partial charge in [0.1, 0.15) is 11.7 Å². The zero-order valence-electron chi connectivity index (χ0n) is 17.0. The summed E-state index contributed by atoms with van der Waals surface area (Å²) < 4.78 is 18.1. The number of aliphatic carboxylic acids is 1. The molecule has 5 rings (SSSR count). The Kier molecular flexibility index (Phi) is 4.17. The van der Waals surface area contributed by atoms with E-state index < -0.39 is 35.2 Å². The number of piperidine rings is 1. The van der Waals surface area contributed by atoms with Gasteiger partial charge < -0.3 is 24.4 Å². The number of carbonyl (C=O) groups is 2. The Labute approximate surface area is 174 Å². The molecule has 2 heterocycles. The third kappa shape index (κ3) is 2.29. The average molecular weight is 415 g/mol. The minimum Gasteiger partial charge on any atom is -0.493 e. The van der Waals surface area contributed by atoms with Gasteiger partial charge in [0.05, 0.1) is 24.7 Å². The number of carboxylic acids is 1. The molecule has 8 heteroatoms. The van der Waals surface area contributed by atoms with Crippen LogP contribution in [0.4, 0.5) is 0 Å². The van der Waals surface area contributed by atoms with Crippen LogP contribution in [0, 0.1) is 0 Å². The second kappa shape index (κ2) is 6.46. The highest BCUT2D eigenvalue weighted by molar-refractivity contribution is 5.91. The van der Waals surface area contributed by atoms with Crippen LogP contribution < -0.4 is 9.47 Å². The quantitative estimate of drug-likeness (QED) is 0.555. The lowest BCUT2D eigenvalue weighted by molar-refractivity contribution is -0.224. The van der Waals surface area contributed by atoms with Crippen molar-refractivity contribution in [3.63, 3.8) is 0 Å². The number of ether oxygens (including phenoxy) is 3. The highest BCUT2D eigenvalue weighted by Gasteiger charge is 2.75. The number of rotatable bonds is 4. The summed E-state index contributed by atoms with van der Waals surface area (Å²) in [4.78, 5) is 25.8. The van der Waals surface area contributed by atoms with Crippen LogP contribution in [0.3, 0.4) is 0 Å². The second-order valence-corrected chi connectivity index (χ2v) is 8.68. The van der Waals surface area contributed by atoms with Crippen molar-refractivity contribution in [2.24, 2.45) is 0 Å². The first-order valence-corrected chi connectivity index (χ1v) is 10.2. The molecule has 5 atom stereocenters. The van der Waals surface area contributed by atoms with Crippen molar-refractivity contribution >= 4 is 11.9 Å². The van der Waals surface area contributed by atoms with Crippen molar-refractivity contribution in [2.45, 2.75) is 54.9 Å². The number of aliphatic hydroxyl groups is 1. The SMILES string of the molecule is COc1ccc2c3c1O[C@H]1C(O)CC[C@@]4(OC(=O)/C=C\C(=O)O)[C@@H](C2)N(C)CC[C@]314. The molecular formula is C22H25NO7. The smallest absolute Gasteiger partial charge is 0.331 e. The van der Waals surface area contributed by atoms with Crippen molar-refractivity contribution in [3.8, 4) is 11.5 Å². The molecule has 1 saturated carbocycles. The number of carboxylic acid groups (broad SMARTS) is 1. The van der Waals surface area contributed by atoms with Crippen LogP contribution >= 0.6 is 0 Å². The van der Waals surface area contributed by atoms with Crippen molar-refractivity contribution in [3.05, 3.63) is 35.4 Å². The third-order valence-corrected chi connectivity index (χ3v) is 7.51. The molecule has 2 bridgehead atoms. The molecule has 1 aromatic rings. The number of carbonyl (C=O) groups excluding carboxylic acids is 1. The lowest BCUT2D eigenvalue weighted by Crippen LogP contribution is -2.77. The van der Waals surface area contributed by atoms with Crippen LogP contribution in [0.25, 0.3) is 0 Å². The van der Waals surface area contributed by atoms with Crippen LogP contribution in [0.2, 0.25) is 0 Å². The number of esters is 1. The summed E-state index contributed by atoms with van der Waals surface area (Å²) in [5, 5.41) is 19.8. The largest absolute Gasteiger partial charge is 0.493 e. The number of likely N-dealkylation sites (N-methyl/N-ethyl adjacent to an activating group) is 1. The molecule has 0 radical (unpaired) electrons. The highest BCUT2D eigenvalue weighted by Crippen LogP contribution is 2.66. The number of nitrogens with zero attached hydrogens (tertiary/aromatic N) is 1. The monoisotopic (exact) mass is 415 g/mol. The van der Waals surface area contributed by atoms with Gasteiger partial charge in [0.2, 0.25) is 0 Å². The van der Waals surface area contributed by atoms with Crippen LogP contribution in [0.5, 0.6) is 11.5 Å². The van der Waals surface area contributed by atoms with E-state index in [9.17, 15) is 14.7 Å². The van der Waals surface area contributed by atoms with E-state index in [1.165, 1.54) is 0 Å². The van der Waals surface area contributed by atoms with E-state index in [0.717, 1.165) is 29.8 Å². The first-order valence-electron chi connectivity index (χ1n) is 10.2. The molecule has 1 aromatic carbocycles. The average Bonchev–Trinajstić information content (AvgIpc) is 3.07. The van der Waals surface area contributed by atoms with E-state index in [4.69, 9.17) is 19.3 Å². The number of benzene rings is 1. The van der Waals surface area contributed by atoms with Crippen LogP contribution in [0.1, 0.15) is 30.4 Å². The van der Waals surface area contributed by atoms with Gasteiger partial charge in [-0.05, 0) is 50.9 Å². The van der Waals surface area contributed by atoms with Crippen molar-refractivity contribution < 1.29 is 34.0 Å². The number of aliphatic hydroxyl groups excluding tert-OH is 1. The molecule has 1 spiro atoms. The molecular weight excluding hydrogens is 390 g/mol. The summed E-state index contributed by atoms with van der Waals surface area (Å²) >= 11 is 0. The molecule has 2 fully saturated rings. The Morgan fingerprint density at radius 2 is 2.10 bits per heavy atom. The van der Waals surface area contributed by atoms with E-state index in [0.29, 0.717) is 37.2 Å². The van der Waals surface area contributed by atoms with Crippen LogP contribution in [-0.4, -0.2) is 71.6 Å². The molecule has 8 nitrogen and oxygen atoms in total. The van der Waals surface area contributed by atoms with Gasteiger partial charge >= 0.3 is 11.9 Å². The number of hydrogen-bond acceptors (Lipinski definition) is 7. The topological polar surface area (TPSA) is 106 Å². The summed E-state index contributed by atoms with van der Waals surface area (Å²) in [5.74, 6) is -0.660. The normalized spacial score (nSPS) is 36.2. The molecule has 30 heavy (non-hydrogen) atoms.